The molecule has 2 rings (SSSR count). The minimum Gasteiger partial charge on any atom is -0.391 e. The highest BCUT2D eigenvalue weighted by atomic mass is 32.1. The van der Waals surface area contributed by atoms with Crippen molar-refractivity contribution in [1.82, 2.24) is 10.6 Å². The molecule has 110 valence electrons. The molecule has 1 unspecified atom stereocenters. The van der Waals surface area contributed by atoms with Gasteiger partial charge in [0.25, 0.3) is 5.91 Å². The largest absolute Gasteiger partial charge is 0.391 e. The second kappa shape index (κ2) is 7.40. The third-order valence-electron chi connectivity index (χ3n) is 3.61. The van der Waals surface area contributed by atoms with Crippen LogP contribution in [0.5, 0.6) is 0 Å². The van der Waals surface area contributed by atoms with Crippen molar-refractivity contribution in [1.29, 1.82) is 0 Å². The molecule has 20 heavy (non-hydrogen) atoms. The van der Waals surface area contributed by atoms with Gasteiger partial charge in [0.05, 0.1) is 17.5 Å². The summed E-state index contributed by atoms with van der Waals surface area (Å²) in [5.74, 6) is -0.213. The lowest BCUT2D eigenvalue weighted by atomic mass is 10.0. The molecule has 1 aliphatic carbocycles. The van der Waals surface area contributed by atoms with Crippen molar-refractivity contribution in [3.8, 4) is 0 Å². The number of carbonyl (C=O) groups excluding carboxylic acids is 2. The van der Waals surface area contributed by atoms with Crippen molar-refractivity contribution >= 4 is 23.2 Å². The van der Waals surface area contributed by atoms with Crippen molar-refractivity contribution in [3.05, 3.63) is 22.4 Å². The molecule has 3 N–H and O–H groups in total. The molecule has 1 aromatic heterocycles. The Morgan fingerprint density at radius 3 is 2.75 bits per heavy atom. The zero-order valence-corrected chi connectivity index (χ0v) is 12.1. The molecule has 0 radical (unpaired) electrons. The molecule has 0 bridgehead atoms. The number of hydrogen-bond acceptors (Lipinski definition) is 4. The molecule has 0 aliphatic heterocycles. The van der Waals surface area contributed by atoms with Gasteiger partial charge in [0.1, 0.15) is 0 Å². The van der Waals surface area contributed by atoms with Crippen LogP contribution in [0.15, 0.2) is 17.5 Å². The molecule has 5 nitrogen and oxygen atoms in total. The van der Waals surface area contributed by atoms with Crippen LogP contribution in [0, 0.1) is 5.92 Å². The summed E-state index contributed by atoms with van der Waals surface area (Å²) >= 11 is 1.33. The van der Waals surface area contributed by atoms with Gasteiger partial charge in [0, 0.05) is 6.54 Å². The second-order valence-corrected chi connectivity index (χ2v) is 6.02. The van der Waals surface area contributed by atoms with Crippen LogP contribution in [0.4, 0.5) is 0 Å². The zero-order valence-electron chi connectivity index (χ0n) is 11.3. The van der Waals surface area contributed by atoms with Crippen LogP contribution in [0.25, 0.3) is 0 Å². The summed E-state index contributed by atoms with van der Waals surface area (Å²) in [6.07, 6.45) is 3.91. The first-order valence-corrected chi connectivity index (χ1v) is 7.81. The SMILES string of the molecule is O=C(CNC(=O)c1cccs1)NCC(O)C1CCCC1. The van der Waals surface area contributed by atoms with Crippen LogP contribution in [-0.4, -0.2) is 36.1 Å². The van der Waals surface area contributed by atoms with Crippen LogP contribution < -0.4 is 10.6 Å². The van der Waals surface area contributed by atoms with E-state index in [4.69, 9.17) is 0 Å². The molecule has 1 heterocycles. The van der Waals surface area contributed by atoms with E-state index >= 15 is 0 Å². The number of hydrogen-bond donors (Lipinski definition) is 3. The van der Waals surface area contributed by atoms with E-state index in [1.54, 1.807) is 12.1 Å². The summed E-state index contributed by atoms with van der Waals surface area (Å²) in [5, 5.41) is 17.0. The van der Waals surface area contributed by atoms with E-state index in [-0.39, 0.29) is 24.9 Å². The number of thiophene rings is 1. The Morgan fingerprint density at radius 1 is 1.35 bits per heavy atom. The van der Waals surface area contributed by atoms with Gasteiger partial charge in [-0.2, -0.15) is 0 Å². The van der Waals surface area contributed by atoms with Crippen molar-refractivity contribution in [2.75, 3.05) is 13.1 Å². The Hall–Kier alpha value is -1.40. The third-order valence-corrected chi connectivity index (χ3v) is 4.48. The smallest absolute Gasteiger partial charge is 0.261 e. The summed E-state index contributed by atoms with van der Waals surface area (Å²) in [6.45, 7) is 0.201. The van der Waals surface area contributed by atoms with Crippen molar-refractivity contribution in [2.24, 2.45) is 5.92 Å². The quantitative estimate of drug-likeness (QED) is 0.737. The number of rotatable bonds is 6. The van der Waals surface area contributed by atoms with Crippen molar-refractivity contribution in [2.45, 2.75) is 31.8 Å². The fourth-order valence-electron chi connectivity index (χ4n) is 2.45. The van der Waals surface area contributed by atoms with Crippen molar-refractivity contribution in [3.63, 3.8) is 0 Å². The molecule has 1 saturated carbocycles. The van der Waals surface area contributed by atoms with Crippen LogP contribution >= 0.6 is 11.3 Å². The van der Waals surface area contributed by atoms with E-state index in [2.05, 4.69) is 10.6 Å². The maximum absolute atomic E-state index is 11.6. The van der Waals surface area contributed by atoms with E-state index in [9.17, 15) is 14.7 Å². The second-order valence-electron chi connectivity index (χ2n) is 5.08. The van der Waals surface area contributed by atoms with Gasteiger partial charge in [-0.05, 0) is 30.2 Å². The molecule has 1 aliphatic rings. The first-order valence-electron chi connectivity index (χ1n) is 6.93. The van der Waals surface area contributed by atoms with Crippen LogP contribution in [0.3, 0.4) is 0 Å². The van der Waals surface area contributed by atoms with E-state index < -0.39 is 6.10 Å². The van der Waals surface area contributed by atoms with Gasteiger partial charge in [-0.15, -0.1) is 11.3 Å². The average molecular weight is 296 g/mol. The number of aliphatic hydroxyl groups excluding tert-OH is 1. The Morgan fingerprint density at radius 2 is 2.10 bits per heavy atom. The van der Waals surface area contributed by atoms with Crippen LogP contribution in [0.1, 0.15) is 35.4 Å². The van der Waals surface area contributed by atoms with Crippen molar-refractivity contribution < 1.29 is 14.7 Å². The van der Waals surface area contributed by atoms with Gasteiger partial charge < -0.3 is 15.7 Å². The summed E-state index contributed by atoms with van der Waals surface area (Å²) in [6, 6.07) is 3.50. The van der Waals surface area contributed by atoms with Gasteiger partial charge in [-0.1, -0.05) is 18.9 Å². The minimum absolute atomic E-state index is 0.0614. The highest BCUT2D eigenvalue weighted by molar-refractivity contribution is 7.12. The van der Waals surface area contributed by atoms with E-state index in [0.717, 1.165) is 25.7 Å². The fraction of sp³-hybridized carbons (Fsp3) is 0.571. The Kier molecular flexibility index (Phi) is 5.55. The predicted octanol–water partition coefficient (Wildman–Crippen LogP) is 1.15. The molecule has 1 fully saturated rings. The Bertz CT molecular complexity index is 441. The Balaban J connectivity index is 1.64. The highest BCUT2D eigenvalue weighted by Gasteiger charge is 2.23. The maximum atomic E-state index is 11.6. The lowest BCUT2D eigenvalue weighted by Gasteiger charge is -2.18. The van der Waals surface area contributed by atoms with E-state index in [0.29, 0.717) is 10.8 Å². The molecule has 0 saturated heterocycles. The molecular weight excluding hydrogens is 276 g/mol. The topological polar surface area (TPSA) is 78.4 Å². The van der Waals surface area contributed by atoms with Gasteiger partial charge in [-0.3, -0.25) is 9.59 Å². The summed E-state index contributed by atoms with van der Waals surface area (Å²) in [5.41, 5.74) is 0. The number of nitrogens with one attached hydrogen (secondary N) is 2. The van der Waals surface area contributed by atoms with E-state index in [1.807, 2.05) is 5.38 Å². The number of carbonyl (C=O) groups is 2. The Labute approximate surface area is 122 Å². The molecule has 0 aromatic carbocycles. The lowest BCUT2D eigenvalue weighted by molar-refractivity contribution is -0.120. The lowest BCUT2D eigenvalue weighted by Crippen LogP contribution is -2.41. The molecular formula is C14H20N2O3S. The monoisotopic (exact) mass is 296 g/mol. The molecule has 0 spiro atoms. The van der Waals surface area contributed by atoms with Gasteiger partial charge in [0.2, 0.25) is 5.91 Å². The molecule has 2 amide bonds. The van der Waals surface area contributed by atoms with Crippen LogP contribution in [0.2, 0.25) is 0 Å². The van der Waals surface area contributed by atoms with Crippen LogP contribution in [-0.2, 0) is 4.79 Å². The fourth-order valence-corrected chi connectivity index (χ4v) is 3.09. The van der Waals surface area contributed by atoms with E-state index in [1.165, 1.54) is 11.3 Å². The minimum atomic E-state index is -0.477. The average Bonchev–Trinajstić information content (AvgIpc) is 3.14. The molecule has 1 atom stereocenters. The highest BCUT2D eigenvalue weighted by Crippen LogP contribution is 2.27. The zero-order chi connectivity index (χ0) is 14.4. The molecule has 6 heteroatoms. The van der Waals surface area contributed by atoms with Gasteiger partial charge in [0.15, 0.2) is 0 Å². The van der Waals surface area contributed by atoms with Gasteiger partial charge in [-0.25, -0.2) is 0 Å². The first-order chi connectivity index (χ1) is 9.66. The first kappa shape index (κ1) is 15.0. The number of amides is 2. The summed E-state index contributed by atoms with van der Waals surface area (Å²) < 4.78 is 0. The predicted molar refractivity (Wildman–Crippen MR) is 77.6 cm³/mol. The summed E-state index contributed by atoms with van der Waals surface area (Å²) in [7, 11) is 0. The molecule has 1 aromatic rings. The number of aliphatic hydroxyl groups is 1. The third kappa shape index (κ3) is 4.31. The maximum Gasteiger partial charge on any atom is 0.261 e. The standard InChI is InChI=1S/C14H20N2O3S/c17-11(10-4-1-2-5-10)8-15-13(18)9-16-14(19)12-6-3-7-20-12/h3,6-7,10-11,17H,1-2,4-5,8-9H2,(H,15,18)(H,16,19). The normalized spacial score (nSPS) is 16.9. The van der Waals surface area contributed by atoms with Gasteiger partial charge >= 0.3 is 0 Å². The summed E-state index contributed by atoms with van der Waals surface area (Å²) in [4.78, 5) is 23.8.